The van der Waals surface area contributed by atoms with Crippen LogP contribution in [0.4, 0.5) is 0 Å². The van der Waals surface area contributed by atoms with Crippen molar-refractivity contribution in [2.24, 2.45) is 0 Å². The third-order valence-corrected chi connectivity index (χ3v) is 3.98. The largest absolute Gasteiger partial charge is 0.544 e. The average Bonchev–Trinajstić information content (AvgIpc) is 2.82. The van der Waals surface area contributed by atoms with Crippen LogP contribution in [0.2, 0.25) is 19.6 Å². The van der Waals surface area contributed by atoms with Gasteiger partial charge >= 0.3 is 0 Å². The Morgan fingerprint density at radius 2 is 1.89 bits per heavy atom. The summed E-state index contributed by atoms with van der Waals surface area (Å²) in [5.41, 5.74) is 2.84. The molecule has 1 aromatic carbocycles. The second kappa shape index (κ2) is 6.24. The smallest absolute Gasteiger partial charge is 0.242 e. The lowest BCUT2D eigenvalue weighted by molar-refractivity contribution is 0.547. The molecule has 0 heterocycles. The van der Waals surface area contributed by atoms with Crippen molar-refractivity contribution in [2.45, 2.75) is 45.3 Å². The van der Waals surface area contributed by atoms with Crippen molar-refractivity contribution in [1.82, 2.24) is 0 Å². The third kappa shape index (κ3) is 4.71. The van der Waals surface area contributed by atoms with E-state index in [4.69, 9.17) is 4.43 Å². The molecule has 0 N–H and O–H groups in total. The molecular formula is C17H24OSi. The van der Waals surface area contributed by atoms with Crippen molar-refractivity contribution in [3.8, 4) is 5.75 Å². The maximum absolute atomic E-state index is 6.17. The van der Waals surface area contributed by atoms with Gasteiger partial charge in [-0.3, -0.25) is 0 Å². The van der Waals surface area contributed by atoms with Crippen LogP contribution in [-0.2, 0) is 6.42 Å². The van der Waals surface area contributed by atoms with Crippen LogP contribution in [0.1, 0.15) is 24.8 Å². The summed E-state index contributed by atoms with van der Waals surface area (Å²) in [6.45, 7) is 6.70. The zero-order valence-corrected chi connectivity index (χ0v) is 13.3. The van der Waals surface area contributed by atoms with Crippen LogP contribution in [0.3, 0.4) is 0 Å². The van der Waals surface area contributed by atoms with E-state index < -0.39 is 8.32 Å². The Labute approximate surface area is 118 Å². The SMILES string of the molecule is C[Si](C)(C)Oc1ccccc1CCCC1=CCC=C1. The second-order valence-electron chi connectivity index (χ2n) is 6.09. The molecule has 0 amide bonds. The number of aryl methyl sites for hydroxylation is 1. The van der Waals surface area contributed by atoms with Crippen molar-refractivity contribution in [1.29, 1.82) is 0 Å². The first kappa shape index (κ1) is 14.1. The van der Waals surface area contributed by atoms with Gasteiger partial charge in [0.1, 0.15) is 5.75 Å². The van der Waals surface area contributed by atoms with Crippen LogP contribution < -0.4 is 4.43 Å². The number of rotatable bonds is 6. The second-order valence-corrected chi connectivity index (χ2v) is 10.5. The highest BCUT2D eigenvalue weighted by Gasteiger charge is 2.17. The molecule has 0 aromatic heterocycles. The van der Waals surface area contributed by atoms with E-state index >= 15 is 0 Å². The number of hydrogen-bond donors (Lipinski definition) is 0. The van der Waals surface area contributed by atoms with Gasteiger partial charge in [0.2, 0.25) is 8.32 Å². The normalized spacial score (nSPS) is 14.6. The van der Waals surface area contributed by atoms with Gasteiger partial charge in [0, 0.05) is 0 Å². The Kier molecular flexibility index (Phi) is 4.64. The van der Waals surface area contributed by atoms with Crippen LogP contribution in [0.15, 0.2) is 48.1 Å². The Morgan fingerprint density at radius 3 is 2.58 bits per heavy atom. The van der Waals surface area contributed by atoms with Gasteiger partial charge in [-0.05, 0) is 57.0 Å². The quantitative estimate of drug-likeness (QED) is 0.654. The summed E-state index contributed by atoms with van der Waals surface area (Å²) in [5.74, 6) is 1.10. The van der Waals surface area contributed by atoms with E-state index in [2.05, 4.69) is 62.1 Å². The Balaban J connectivity index is 1.93. The van der Waals surface area contributed by atoms with Crippen molar-refractivity contribution < 1.29 is 4.43 Å². The van der Waals surface area contributed by atoms with Gasteiger partial charge in [0.25, 0.3) is 0 Å². The Hall–Kier alpha value is -1.28. The predicted octanol–water partition coefficient (Wildman–Crippen LogP) is 5.11. The van der Waals surface area contributed by atoms with Gasteiger partial charge in [0.15, 0.2) is 0 Å². The molecule has 1 nitrogen and oxygen atoms in total. The fourth-order valence-electron chi connectivity index (χ4n) is 2.32. The Bertz CT molecular complexity index is 480. The number of hydrogen-bond acceptors (Lipinski definition) is 1. The molecule has 19 heavy (non-hydrogen) atoms. The summed E-state index contributed by atoms with van der Waals surface area (Å²) in [6, 6.07) is 8.50. The maximum Gasteiger partial charge on any atom is 0.242 e. The van der Waals surface area contributed by atoms with E-state index in [1.54, 1.807) is 0 Å². The molecule has 1 aromatic rings. The minimum atomic E-state index is -1.52. The summed E-state index contributed by atoms with van der Waals surface area (Å²) in [4.78, 5) is 0. The maximum atomic E-state index is 6.17. The third-order valence-electron chi connectivity index (χ3n) is 3.15. The van der Waals surface area contributed by atoms with Crippen LogP contribution in [0.25, 0.3) is 0 Å². The van der Waals surface area contributed by atoms with Gasteiger partial charge < -0.3 is 4.43 Å². The highest BCUT2D eigenvalue weighted by atomic mass is 28.4. The summed E-state index contributed by atoms with van der Waals surface area (Å²) in [5, 5.41) is 0. The first-order chi connectivity index (χ1) is 9.04. The lowest BCUT2D eigenvalue weighted by Crippen LogP contribution is -2.29. The topological polar surface area (TPSA) is 9.23 Å². The van der Waals surface area contributed by atoms with Gasteiger partial charge in [0.05, 0.1) is 0 Å². The van der Waals surface area contributed by atoms with Crippen LogP contribution in [-0.4, -0.2) is 8.32 Å². The molecule has 0 saturated heterocycles. The lowest BCUT2D eigenvalue weighted by atomic mass is 10.0. The zero-order valence-electron chi connectivity index (χ0n) is 12.3. The fraction of sp³-hybridized carbons (Fsp3) is 0.412. The molecule has 0 unspecified atom stereocenters. The summed E-state index contributed by atoms with van der Waals surface area (Å²) in [6.07, 6.45) is 11.4. The molecule has 2 heteroatoms. The van der Waals surface area contributed by atoms with Crippen molar-refractivity contribution in [2.75, 3.05) is 0 Å². The number of para-hydroxylation sites is 1. The molecule has 0 saturated carbocycles. The average molecular weight is 272 g/mol. The van der Waals surface area contributed by atoms with Gasteiger partial charge in [-0.1, -0.05) is 42.0 Å². The van der Waals surface area contributed by atoms with Crippen molar-refractivity contribution >= 4 is 8.32 Å². The monoisotopic (exact) mass is 272 g/mol. The summed E-state index contributed by atoms with van der Waals surface area (Å²) >= 11 is 0. The van der Waals surface area contributed by atoms with Crippen molar-refractivity contribution in [3.63, 3.8) is 0 Å². The summed E-state index contributed by atoms with van der Waals surface area (Å²) in [7, 11) is -1.52. The molecule has 0 bridgehead atoms. The predicted molar refractivity (Wildman–Crippen MR) is 85.2 cm³/mol. The molecular weight excluding hydrogens is 248 g/mol. The van der Waals surface area contributed by atoms with E-state index in [9.17, 15) is 0 Å². The first-order valence-electron chi connectivity index (χ1n) is 7.17. The zero-order chi connectivity index (χ0) is 13.7. The molecule has 0 spiro atoms. The molecule has 102 valence electrons. The van der Waals surface area contributed by atoms with E-state index in [1.165, 1.54) is 24.0 Å². The van der Waals surface area contributed by atoms with Gasteiger partial charge in [-0.25, -0.2) is 0 Å². The van der Waals surface area contributed by atoms with Crippen LogP contribution in [0, 0.1) is 0 Å². The molecule has 0 fully saturated rings. The highest BCUT2D eigenvalue weighted by Crippen LogP contribution is 2.24. The molecule has 0 radical (unpaired) electrons. The van der Waals surface area contributed by atoms with Gasteiger partial charge in [-0.2, -0.15) is 0 Å². The molecule has 0 atom stereocenters. The lowest BCUT2D eigenvalue weighted by Gasteiger charge is -2.21. The van der Waals surface area contributed by atoms with Crippen molar-refractivity contribution in [3.05, 3.63) is 53.6 Å². The van der Waals surface area contributed by atoms with E-state index in [0.29, 0.717) is 0 Å². The van der Waals surface area contributed by atoms with E-state index in [1.807, 2.05) is 0 Å². The molecule has 1 aliphatic carbocycles. The van der Waals surface area contributed by atoms with E-state index in [-0.39, 0.29) is 0 Å². The minimum Gasteiger partial charge on any atom is -0.544 e. The first-order valence-corrected chi connectivity index (χ1v) is 10.6. The molecule has 2 rings (SSSR count). The number of allylic oxidation sites excluding steroid dienone is 4. The highest BCUT2D eigenvalue weighted by molar-refractivity contribution is 6.70. The molecule has 1 aliphatic rings. The summed E-state index contributed by atoms with van der Waals surface area (Å²) < 4.78 is 6.17. The number of benzene rings is 1. The minimum absolute atomic E-state index is 1.10. The van der Waals surface area contributed by atoms with Crippen LogP contribution >= 0.6 is 0 Å². The van der Waals surface area contributed by atoms with Crippen LogP contribution in [0.5, 0.6) is 5.75 Å². The Morgan fingerprint density at radius 1 is 1.11 bits per heavy atom. The fourth-order valence-corrected chi connectivity index (χ4v) is 3.17. The van der Waals surface area contributed by atoms with Gasteiger partial charge in [-0.15, -0.1) is 0 Å². The molecule has 0 aliphatic heterocycles. The standard InChI is InChI=1S/C17H24OSi/c1-19(2,3)18-17-14-7-6-12-16(17)13-8-11-15-9-4-5-10-15/h4,6-7,9-10,12,14H,5,8,11,13H2,1-3H3. The van der Waals surface area contributed by atoms with E-state index in [0.717, 1.165) is 18.6 Å².